The Bertz CT molecular complexity index is 1030. The molecule has 5 aliphatic rings. The molecule has 5 aliphatic carbocycles. The first-order valence-electron chi connectivity index (χ1n) is 14.4. The van der Waals surface area contributed by atoms with E-state index in [1.54, 1.807) is 11.1 Å². The van der Waals surface area contributed by atoms with Gasteiger partial charge in [0.2, 0.25) is 5.91 Å². The second kappa shape index (κ2) is 10.9. The van der Waals surface area contributed by atoms with Gasteiger partial charge in [0.15, 0.2) is 0 Å². The molecule has 2 saturated carbocycles. The maximum atomic E-state index is 13.0. The molecule has 0 heterocycles. The third-order valence-corrected chi connectivity index (χ3v) is 10.3. The number of amides is 1. The molecule has 6 rings (SSSR count). The van der Waals surface area contributed by atoms with Crippen molar-refractivity contribution in [3.63, 3.8) is 0 Å². The van der Waals surface area contributed by atoms with E-state index in [1.807, 2.05) is 0 Å². The molecule has 0 aliphatic heterocycles. The summed E-state index contributed by atoms with van der Waals surface area (Å²) in [5.74, 6) is 5.59. The highest BCUT2D eigenvalue weighted by Crippen LogP contribution is 2.57. The minimum absolute atomic E-state index is 0.247. The van der Waals surface area contributed by atoms with Gasteiger partial charge in [-0.1, -0.05) is 60.5 Å². The fraction of sp³-hybridized carbons (Fsp3) is 0.594. The molecule has 0 radical (unpaired) electrons. The average Bonchev–Trinajstić information content (AvgIpc) is 3.83. The van der Waals surface area contributed by atoms with E-state index in [9.17, 15) is 4.79 Å². The summed E-state index contributed by atoms with van der Waals surface area (Å²) < 4.78 is 0. The second-order valence-electron chi connectivity index (χ2n) is 12.1. The smallest absolute Gasteiger partial charge is 0.223 e. The molecule has 0 bridgehead atoms. The van der Waals surface area contributed by atoms with E-state index >= 15 is 0 Å². The largest absolute Gasteiger partial charge is 0.352 e. The maximum absolute atomic E-state index is 13.0. The number of carbonyl (C=O) groups excluding carboxylic acids is 1. The minimum Gasteiger partial charge on any atom is -0.352 e. The van der Waals surface area contributed by atoms with Crippen molar-refractivity contribution < 1.29 is 4.79 Å². The van der Waals surface area contributed by atoms with Crippen LogP contribution in [-0.2, 0) is 17.6 Å². The lowest BCUT2D eigenvalue weighted by Crippen LogP contribution is -2.36. The fourth-order valence-electron chi connectivity index (χ4n) is 7.64. The van der Waals surface area contributed by atoms with Gasteiger partial charge in [-0.05, 0) is 122 Å². The van der Waals surface area contributed by atoms with Gasteiger partial charge in [-0.2, -0.15) is 0 Å². The van der Waals surface area contributed by atoms with Crippen molar-refractivity contribution in [3.8, 4) is 0 Å². The number of benzene rings is 1. The number of nitrogens with one attached hydrogen (secondary N) is 1. The Morgan fingerprint density at radius 2 is 1.94 bits per heavy atom. The predicted octanol–water partition coefficient (Wildman–Crippen LogP) is 6.55. The number of rotatable bonds is 10. The lowest BCUT2D eigenvalue weighted by Gasteiger charge is -2.25. The minimum atomic E-state index is 0.247. The molecule has 192 valence electrons. The van der Waals surface area contributed by atoms with Crippen LogP contribution in [0.5, 0.6) is 0 Å². The summed E-state index contributed by atoms with van der Waals surface area (Å²) in [5, 5.41) is 9.24. The van der Waals surface area contributed by atoms with Gasteiger partial charge in [-0.25, -0.2) is 0 Å². The Kier molecular flexibility index (Phi) is 7.44. The van der Waals surface area contributed by atoms with Crippen LogP contribution in [0.3, 0.4) is 0 Å². The van der Waals surface area contributed by atoms with Crippen molar-refractivity contribution >= 4 is 17.9 Å². The number of carbonyl (C=O) groups is 1. The SMILES string of the molecule is NSCCC(CC1CC1C(=O)NC1Cc2ccccc2C1)C1CC1C1CC=C(C2=CC=CCC2)CC1. The van der Waals surface area contributed by atoms with Crippen molar-refractivity contribution in [1.82, 2.24) is 5.32 Å². The molecule has 1 aromatic rings. The van der Waals surface area contributed by atoms with E-state index in [-0.39, 0.29) is 12.0 Å². The van der Waals surface area contributed by atoms with E-state index in [1.165, 1.54) is 74.4 Å². The number of allylic oxidation sites excluding steroid dienone is 6. The van der Waals surface area contributed by atoms with Crippen LogP contribution in [0.15, 0.2) is 59.7 Å². The summed E-state index contributed by atoms with van der Waals surface area (Å²) >= 11 is 1.50. The Balaban J connectivity index is 0.989. The van der Waals surface area contributed by atoms with Crippen LogP contribution >= 0.6 is 11.9 Å². The number of hydrogen-bond acceptors (Lipinski definition) is 3. The molecule has 3 nitrogen and oxygen atoms in total. The molecule has 0 saturated heterocycles. The van der Waals surface area contributed by atoms with Crippen molar-refractivity contribution in [3.05, 3.63) is 70.8 Å². The van der Waals surface area contributed by atoms with Gasteiger partial charge in [-0.3, -0.25) is 9.93 Å². The fourth-order valence-corrected chi connectivity index (χ4v) is 8.08. The Labute approximate surface area is 221 Å². The highest BCUT2D eigenvalue weighted by molar-refractivity contribution is 7.97. The zero-order valence-corrected chi connectivity index (χ0v) is 22.4. The third-order valence-electron chi connectivity index (χ3n) is 9.85. The molecule has 0 spiro atoms. The molecule has 6 atom stereocenters. The number of nitrogens with two attached hydrogens (primary N) is 1. The molecule has 0 aromatic heterocycles. The summed E-state index contributed by atoms with van der Waals surface area (Å²) in [6.07, 6.45) is 22.7. The molecular weight excluding hydrogens is 460 g/mol. The topological polar surface area (TPSA) is 55.1 Å². The molecule has 36 heavy (non-hydrogen) atoms. The maximum Gasteiger partial charge on any atom is 0.223 e. The molecule has 3 N–H and O–H groups in total. The predicted molar refractivity (Wildman–Crippen MR) is 150 cm³/mol. The van der Waals surface area contributed by atoms with E-state index in [2.05, 4.69) is 53.9 Å². The zero-order valence-electron chi connectivity index (χ0n) is 21.5. The van der Waals surface area contributed by atoms with Crippen LogP contribution in [-0.4, -0.2) is 17.7 Å². The first-order chi connectivity index (χ1) is 17.7. The molecule has 2 fully saturated rings. The van der Waals surface area contributed by atoms with Crippen LogP contribution in [0.25, 0.3) is 0 Å². The van der Waals surface area contributed by atoms with Gasteiger partial charge in [0.25, 0.3) is 0 Å². The summed E-state index contributed by atoms with van der Waals surface area (Å²) in [4.78, 5) is 13.0. The monoisotopic (exact) mass is 502 g/mol. The molecule has 4 heteroatoms. The standard InChI is InChI=1S/C32H42N2OS/c33-36-15-14-26(30-20-29(30)23-12-10-22(11-13-23)21-6-2-1-3-7-21)16-27-19-31(27)32(35)34-28-17-24-8-4-5-9-25(24)18-28/h1-2,4-6,8-10,23,26-31H,3,7,11-20,33H2,(H,34,35). The quantitative estimate of drug-likeness (QED) is 0.357. The summed E-state index contributed by atoms with van der Waals surface area (Å²) in [7, 11) is 0. The van der Waals surface area contributed by atoms with Crippen LogP contribution in [0.4, 0.5) is 0 Å². The normalized spacial score (nSPS) is 31.9. The Hall–Kier alpha value is -1.78. The summed E-state index contributed by atoms with van der Waals surface area (Å²) in [6.45, 7) is 0. The van der Waals surface area contributed by atoms with Crippen molar-refractivity contribution in [1.29, 1.82) is 0 Å². The van der Waals surface area contributed by atoms with Crippen LogP contribution in [0.1, 0.15) is 68.9 Å². The average molecular weight is 503 g/mol. The number of fused-ring (bicyclic) bond motifs is 1. The highest BCUT2D eigenvalue weighted by atomic mass is 32.2. The lowest BCUT2D eigenvalue weighted by atomic mass is 9.80. The van der Waals surface area contributed by atoms with E-state index in [0.717, 1.165) is 48.7 Å². The van der Waals surface area contributed by atoms with Gasteiger partial charge in [0.05, 0.1) is 0 Å². The zero-order chi connectivity index (χ0) is 24.5. The first kappa shape index (κ1) is 24.6. The van der Waals surface area contributed by atoms with Gasteiger partial charge in [0, 0.05) is 17.7 Å². The van der Waals surface area contributed by atoms with E-state index in [0.29, 0.717) is 11.8 Å². The number of hydrogen-bond donors (Lipinski definition) is 2. The van der Waals surface area contributed by atoms with Crippen LogP contribution in [0.2, 0.25) is 0 Å². The van der Waals surface area contributed by atoms with Gasteiger partial charge >= 0.3 is 0 Å². The lowest BCUT2D eigenvalue weighted by molar-refractivity contribution is -0.123. The van der Waals surface area contributed by atoms with Gasteiger partial charge in [-0.15, -0.1) is 0 Å². The molecule has 1 amide bonds. The van der Waals surface area contributed by atoms with Gasteiger partial charge in [0.1, 0.15) is 0 Å². The van der Waals surface area contributed by atoms with Crippen LogP contribution in [0, 0.1) is 35.5 Å². The molecular formula is C32H42N2OS. The highest BCUT2D eigenvalue weighted by Gasteiger charge is 2.51. The molecule has 6 unspecified atom stereocenters. The first-order valence-corrected chi connectivity index (χ1v) is 15.5. The summed E-state index contributed by atoms with van der Waals surface area (Å²) in [5.41, 5.74) is 6.03. The molecule has 1 aromatic carbocycles. The Morgan fingerprint density at radius 1 is 1.11 bits per heavy atom. The van der Waals surface area contributed by atoms with Crippen molar-refractivity contribution in [2.45, 2.75) is 76.7 Å². The van der Waals surface area contributed by atoms with E-state index in [4.69, 9.17) is 5.14 Å². The van der Waals surface area contributed by atoms with Crippen LogP contribution < -0.4 is 10.5 Å². The van der Waals surface area contributed by atoms with Crippen molar-refractivity contribution in [2.75, 3.05) is 5.75 Å². The van der Waals surface area contributed by atoms with Gasteiger partial charge < -0.3 is 5.32 Å². The van der Waals surface area contributed by atoms with Crippen molar-refractivity contribution in [2.24, 2.45) is 40.6 Å². The Morgan fingerprint density at radius 3 is 2.64 bits per heavy atom. The van der Waals surface area contributed by atoms with E-state index < -0.39 is 0 Å². The third kappa shape index (κ3) is 5.55. The summed E-state index contributed by atoms with van der Waals surface area (Å²) in [6, 6.07) is 8.93. The second-order valence-corrected chi connectivity index (χ2v) is 12.9.